The zero-order valence-electron chi connectivity index (χ0n) is 8.13. The lowest BCUT2D eigenvalue weighted by Gasteiger charge is -2.07. The van der Waals surface area contributed by atoms with E-state index in [-0.39, 0.29) is 6.04 Å². The van der Waals surface area contributed by atoms with Gasteiger partial charge in [0.25, 0.3) is 0 Å². The maximum Gasteiger partial charge on any atom is 0.150 e. The molecule has 0 radical (unpaired) electrons. The second-order valence-electron chi connectivity index (χ2n) is 3.28. The van der Waals surface area contributed by atoms with Crippen molar-refractivity contribution in [3.05, 3.63) is 17.2 Å². The molecule has 74 valence electrons. The summed E-state index contributed by atoms with van der Waals surface area (Å²) in [4.78, 5) is 4.05. The van der Waals surface area contributed by atoms with Crippen LogP contribution in [0.2, 0.25) is 5.15 Å². The summed E-state index contributed by atoms with van der Waals surface area (Å²) in [7, 11) is 0. The molecular weight excluding hydrogens is 186 g/mol. The number of aromatic nitrogens is 2. The van der Waals surface area contributed by atoms with Gasteiger partial charge in [-0.25, -0.2) is 4.98 Å². The van der Waals surface area contributed by atoms with Crippen LogP contribution in [0.25, 0.3) is 0 Å². The summed E-state index contributed by atoms with van der Waals surface area (Å²) in [5.74, 6) is 0. The van der Waals surface area contributed by atoms with E-state index in [2.05, 4.69) is 16.5 Å². The smallest absolute Gasteiger partial charge is 0.150 e. The molecule has 1 aromatic rings. The van der Waals surface area contributed by atoms with Gasteiger partial charge in [0, 0.05) is 12.6 Å². The number of halogens is 1. The van der Waals surface area contributed by atoms with Crippen LogP contribution < -0.4 is 5.73 Å². The second kappa shape index (κ2) is 4.63. The van der Waals surface area contributed by atoms with Crippen molar-refractivity contribution in [1.29, 1.82) is 0 Å². The third-order valence-electron chi connectivity index (χ3n) is 2.07. The lowest BCUT2D eigenvalue weighted by Crippen LogP contribution is -2.16. The third-order valence-corrected chi connectivity index (χ3v) is 2.39. The summed E-state index contributed by atoms with van der Waals surface area (Å²) >= 11 is 5.93. The summed E-state index contributed by atoms with van der Waals surface area (Å²) in [6, 6.07) is 0.219. The molecule has 0 aliphatic carbocycles. The van der Waals surface area contributed by atoms with Crippen molar-refractivity contribution in [2.24, 2.45) is 5.73 Å². The predicted octanol–water partition coefficient (Wildman–Crippen LogP) is 1.84. The first kappa shape index (κ1) is 10.5. The van der Waals surface area contributed by atoms with Crippen LogP contribution >= 0.6 is 11.6 Å². The summed E-state index contributed by atoms with van der Waals surface area (Å²) in [5, 5.41) is 0.613. The van der Waals surface area contributed by atoms with E-state index in [1.54, 1.807) is 6.33 Å². The maximum atomic E-state index is 5.93. The fraction of sp³-hybridized carbons (Fsp3) is 0.667. The van der Waals surface area contributed by atoms with Gasteiger partial charge in [-0.05, 0) is 26.7 Å². The molecule has 1 rings (SSSR count). The van der Waals surface area contributed by atoms with Crippen LogP contribution in [0.3, 0.4) is 0 Å². The van der Waals surface area contributed by atoms with Gasteiger partial charge in [0.15, 0.2) is 0 Å². The monoisotopic (exact) mass is 201 g/mol. The molecule has 0 spiro atoms. The Morgan fingerprint density at radius 3 is 2.92 bits per heavy atom. The Balaban J connectivity index is 2.68. The van der Waals surface area contributed by atoms with Gasteiger partial charge in [0.05, 0.1) is 12.0 Å². The molecule has 3 nitrogen and oxygen atoms in total. The van der Waals surface area contributed by atoms with E-state index in [4.69, 9.17) is 17.3 Å². The topological polar surface area (TPSA) is 43.8 Å². The first-order valence-electron chi connectivity index (χ1n) is 4.60. The molecule has 0 amide bonds. The maximum absolute atomic E-state index is 5.93. The molecule has 0 bridgehead atoms. The number of nitrogens with zero attached hydrogens (tertiary/aromatic N) is 2. The fourth-order valence-corrected chi connectivity index (χ4v) is 1.51. The third kappa shape index (κ3) is 2.71. The molecule has 0 aliphatic heterocycles. The van der Waals surface area contributed by atoms with E-state index < -0.39 is 0 Å². The summed E-state index contributed by atoms with van der Waals surface area (Å²) < 4.78 is 2.06. The van der Waals surface area contributed by atoms with Gasteiger partial charge in [0.2, 0.25) is 0 Å². The van der Waals surface area contributed by atoms with Gasteiger partial charge < -0.3 is 10.3 Å². The SMILES string of the molecule is CCn1cnc(Cl)c1CCC(C)N. The van der Waals surface area contributed by atoms with Gasteiger partial charge in [-0.15, -0.1) is 0 Å². The highest BCUT2D eigenvalue weighted by Gasteiger charge is 2.08. The Morgan fingerprint density at radius 2 is 2.38 bits per heavy atom. The van der Waals surface area contributed by atoms with E-state index in [1.165, 1.54) is 0 Å². The van der Waals surface area contributed by atoms with E-state index in [0.717, 1.165) is 25.1 Å². The predicted molar refractivity (Wildman–Crippen MR) is 54.9 cm³/mol. The lowest BCUT2D eigenvalue weighted by molar-refractivity contribution is 0.626. The molecule has 2 N–H and O–H groups in total. The van der Waals surface area contributed by atoms with Crippen LogP contribution in [0.15, 0.2) is 6.33 Å². The van der Waals surface area contributed by atoms with Crippen molar-refractivity contribution >= 4 is 11.6 Å². The summed E-state index contributed by atoms with van der Waals surface area (Å²) in [5.41, 5.74) is 6.78. The van der Waals surface area contributed by atoms with E-state index >= 15 is 0 Å². The van der Waals surface area contributed by atoms with Crippen LogP contribution in [0.4, 0.5) is 0 Å². The van der Waals surface area contributed by atoms with Crippen LogP contribution in [0.5, 0.6) is 0 Å². The van der Waals surface area contributed by atoms with E-state index in [0.29, 0.717) is 5.15 Å². The number of nitrogens with two attached hydrogens (primary N) is 1. The van der Waals surface area contributed by atoms with Crippen LogP contribution in [0.1, 0.15) is 26.0 Å². The molecule has 0 fully saturated rings. The molecular formula is C9H16ClN3. The lowest BCUT2D eigenvalue weighted by atomic mass is 10.1. The van der Waals surface area contributed by atoms with Crippen molar-refractivity contribution < 1.29 is 0 Å². The van der Waals surface area contributed by atoms with Crippen LogP contribution in [0, 0.1) is 0 Å². The van der Waals surface area contributed by atoms with Crippen molar-refractivity contribution in [2.75, 3.05) is 0 Å². The number of hydrogen-bond acceptors (Lipinski definition) is 2. The van der Waals surface area contributed by atoms with Gasteiger partial charge in [-0.2, -0.15) is 0 Å². The standard InChI is InChI=1S/C9H16ClN3/c1-3-13-6-12-9(10)8(13)5-4-7(2)11/h6-7H,3-5,11H2,1-2H3. The van der Waals surface area contributed by atoms with Crippen LogP contribution in [-0.4, -0.2) is 15.6 Å². The molecule has 0 aliphatic rings. The highest BCUT2D eigenvalue weighted by molar-refractivity contribution is 6.30. The Hall–Kier alpha value is -0.540. The molecule has 0 saturated carbocycles. The highest BCUT2D eigenvalue weighted by atomic mass is 35.5. The molecule has 1 aromatic heterocycles. The molecule has 1 heterocycles. The first-order valence-corrected chi connectivity index (χ1v) is 4.98. The number of aryl methyl sites for hydroxylation is 1. The zero-order valence-corrected chi connectivity index (χ0v) is 8.88. The Bertz CT molecular complexity index is 268. The molecule has 0 saturated heterocycles. The van der Waals surface area contributed by atoms with Crippen molar-refractivity contribution in [2.45, 2.75) is 39.3 Å². The van der Waals surface area contributed by atoms with Gasteiger partial charge in [-0.1, -0.05) is 11.6 Å². The molecule has 4 heteroatoms. The molecule has 13 heavy (non-hydrogen) atoms. The van der Waals surface area contributed by atoms with Crippen molar-refractivity contribution in [3.8, 4) is 0 Å². The first-order chi connectivity index (χ1) is 6.15. The number of rotatable bonds is 4. The summed E-state index contributed by atoms with van der Waals surface area (Å²) in [6.07, 6.45) is 3.63. The van der Waals surface area contributed by atoms with Gasteiger partial charge >= 0.3 is 0 Å². The fourth-order valence-electron chi connectivity index (χ4n) is 1.27. The minimum atomic E-state index is 0.219. The van der Waals surface area contributed by atoms with Gasteiger partial charge in [-0.3, -0.25) is 0 Å². The summed E-state index contributed by atoms with van der Waals surface area (Å²) in [6.45, 7) is 4.99. The average molecular weight is 202 g/mol. The van der Waals surface area contributed by atoms with Gasteiger partial charge in [0.1, 0.15) is 5.15 Å². The Labute approximate surface area is 83.9 Å². The quantitative estimate of drug-likeness (QED) is 0.808. The van der Waals surface area contributed by atoms with Crippen LogP contribution in [-0.2, 0) is 13.0 Å². The zero-order chi connectivity index (χ0) is 9.84. The number of imidazole rings is 1. The number of hydrogen-bond donors (Lipinski definition) is 1. The Kier molecular flexibility index (Phi) is 3.75. The highest BCUT2D eigenvalue weighted by Crippen LogP contribution is 2.15. The Morgan fingerprint density at radius 1 is 1.69 bits per heavy atom. The minimum Gasteiger partial charge on any atom is -0.333 e. The normalized spacial score (nSPS) is 13.2. The molecule has 1 atom stereocenters. The van der Waals surface area contributed by atoms with E-state index in [1.807, 2.05) is 6.92 Å². The molecule has 0 aromatic carbocycles. The largest absolute Gasteiger partial charge is 0.333 e. The van der Waals surface area contributed by atoms with E-state index in [9.17, 15) is 0 Å². The average Bonchev–Trinajstić information content (AvgIpc) is 2.43. The van der Waals surface area contributed by atoms with Crippen molar-refractivity contribution in [1.82, 2.24) is 9.55 Å². The minimum absolute atomic E-state index is 0.219. The second-order valence-corrected chi connectivity index (χ2v) is 3.64. The molecule has 1 unspecified atom stereocenters. The van der Waals surface area contributed by atoms with Crippen molar-refractivity contribution in [3.63, 3.8) is 0 Å².